The van der Waals surface area contributed by atoms with E-state index in [0.717, 1.165) is 63.9 Å². The number of fused-ring (bicyclic) bond motifs is 2. The van der Waals surface area contributed by atoms with E-state index >= 15 is 0 Å². The molecule has 8 rings (SSSR count). The summed E-state index contributed by atoms with van der Waals surface area (Å²) in [6.07, 6.45) is 21.5. The number of hydrogen-bond acceptors (Lipinski definition) is 5. The van der Waals surface area contributed by atoms with Gasteiger partial charge in [-0.1, -0.05) is 134 Å². The van der Waals surface area contributed by atoms with Crippen molar-refractivity contribution in [2.75, 3.05) is 35.8 Å². The number of Topliss-reactive ketones (excluding diaryl/α,β-unsaturated/α-hetero) is 1. The van der Waals surface area contributed by atoms with Crippen LogP contribution in [0.5, 0.6) is 0 Å². The molecule has 0 spiro atoms. The number of unbranched alkanes of at least 4 members (excludes halogenated alkanes) is 10. The van der Waals surface area contributed by atoms with Crippen LogP contribution >= 0.6 is 0 Å². The minimum Gasteiger partial charge on any atom is -0.871 e. The molecule has 5 aromatic rings. The zero-order chi connectivity index (χ0) is 49.7. The van der Waals surface area contributed by atoms with Gasteiger partial charge in [-0.2, -0.15) is 4.58 Å². The number of hydrogen-bond donors (Lipinski definition) is 0. The van der Waals surface area contributed by atoms with Gasteiger partial charge in [-0.25, -0.2) is 0 Å². The Bertz CT molecular complexity index is 2800. The van der Waals surface area contributed by atoms with Crippen molar-refractivity contribution >= 4 is 51.3 Å². The number of ketones is 1. The Morgan fingerprint density at radius 2 is 1.10 bits per heavy atom. The molecule has 2 aliphatic heterocycles. The van der Waals surface area contributed by atoms with Crippen LogP contribution in [0.15, 0.2) is 144 Å². The van der Waals surface area contributed by atoms with E-state index in [2.05, 4.69) is 184 Å². The monoisotopic (exact) mass is 935 g/mol. The summed E-state index contributed by atoms with van der Waals surface area (Å²) in [4.78, 5) is 20.8. The summed E-state index contributed by atoms with van der Waals surface area (Å²) in [5, 5.41) is 14.0. The predicted octanol–water partition coefficient (Wildman–Crippen LogP) is 15.5. The minimum absolute atomic E-state index is 0.192. The Kier molecular flexibility index (Phi) is 15.4. The zero-order valence-corrected chi connectivity index (χ0v) is 44.1. The molecule has 0 unspecified atom stereocenters. The number of rotatable bonds is 21. The van der Waals surface area contributed by atoms with E-state index in [-0.39, 0.29) is 28.1 Å². The summed E-state index contributed by atoms with van der Waals surface area (Å²) < 4.78 is 2.12. The summed E-state index contributed by atoms with van der Waals surface area (Å²) >= 11 is 0. The van der Waals surface area contributed by atoms with E-state index in [9.17, 15) is 9.90 Å². The molecule has 0 aromatic heterocycles. The molecule has 0 radical (unpaired) electrons. The van der Waals surface area contributed by atoms with Crippen molar-refractivity contribution in [3.8, 4) is 0 Å². The van der Waals surface area contributed by atoms with Gasteiger partial charge in [0.15, 0.2) is 11.5 Å². The predicted molar refractivity (Wildman–Crippen MR) is 294 cm³/mol. The molecule has 0 atom stereocenters. The molecule has 6 heteroatoms. The molecule has 70 heavy (non-hydrogen) atoms. The molecule has 0 saturated heterocycles. The van der Waals surface area contributed by atoms with Crippen molar-refractivity contribution in [3.63, 3.8) is 0 Å². The van der Waals surface area contributed by atoms with Crippen molar-refractivity contribution in [2.45, 2.75) is 149 Å². The molecule has 3 aliphatic rings. The van der Waals surface area contributed by atoms with Gasteiger partial charge in [-0.3, -0.25) is 4.79 Å². The number of nitrogens with zero attached hydrogens (tertiary/aromatic N) is 4. The Morgan fingerprint density at radius 1 is 0.600 bits per heavy atom. The van der Waals surface area contributed by atoms with E-state index in [1.54, 1.807) is 0 Å². The lowest BCUT2D eigenvalue weighted by molar-refractivity contribution is -0.401. The first-order valence-corrected chi connectivity index (χ1v) is 26.5. The standard InChI is InChI=1S/C64H78N4O2/c1-11-13-15-17-19-21-23-46-26-30-48(31-27-46)65(8)49-34-36-51(37-35-49)68(50-32-28-47(29-33-50)24-22-20-18-16-14-12-2)52-38-40-58-56(42-52)64(6,7)60(67(58)10)44-54-61(69)53(62(54)70)43-59-63(4,5)55-41-45(3)25-39-57(55)66(59)9/h25-44H,11-24H2,1-10H3. The van der Waals surface area contributed by atoms with Crippen molar-refractivity contribution < 1.29 is 14.5 Å². The van der Waals surface area contributed by atoms with Gasteiger partial charge in [0.05, 0.1) is 5.41 Å². The van der Waals surface area contributed by atoms with Crippen LogP contribution < -0.4 is 19.8 Å². The van der Waals surface area contributed by atoms with Crippen LogP contribution in [0.2, 0.25) is 0 Å². The smallest absolute Gasteiger partial charge is 0.209 e. The van der Waals surface area contributed by atoms with Crippen molar-refractivity contribution in [1.82, 2.24) is 0 Å². The molecular weight excluding hydrogens is 857 g/mol. The second-order valence-corrected chi connectivity index (χ2v) is 21.4. The Balaban J connectivity index is 1.06. The van der Waals surface area contributed by atoms with Gasteiger partial charge >= 0.3 is 0 Å². The number of anilines is 6. The molecule has 0 bridgehead atoms. The average Bonchev–Trinajstić information content (AvgIpc) is 3.67. The summed E-state index contributed by atoms with van der Waals surface area (Å²) in [6.45, 7) is 15.4. The Hall–Kier alpha value is -6.14. The summed E-state index contributed by atoms with van der Waals surface area (Å²) in [5.74, 6) is -0.384. The number of benzene rings is 5. The quantitative estimate of drug-likeness (QED) is 0.0417. The van der Waals surface area contributed by atoms with Gasteiger partial charge in [-0.05, 0) is 142 Å². The molecule has 5 aromatic carbocycles. The maximum Gasteiger partial charge on any atom is 0.209 e. The Labute approximate surface area is 420 Å². The van der Waals surface area contributed by atoms with Crippen LogP contribution in [-0.2, 0) is 28.5 Å². The van der Waals surface area contributed by atoms with Gasteiger partial charge in [0.25, 0.3) is 0 Å². The largest absolute Gasteiger partial charge is 0.871 e. The lowest BCUT2D eigenvalue weighted by Gasteiger charge is -2.32. The highest BCUT2D eigenvalue weighted by molar-refractivity contribution is 6.24. The fourth-order valence-corrected chi connectivity index (χ4v) is 11.1. The van der Waals surface area contributed by atoms with E-state index in [1.807, 2.05) is 26.2 Å². The maximum absolute atomic E-state index is 14.0. The molecule has 0 saturated carbocycles. The van der Waals surface area contributed by atoms with E-state index in [4.69, 9.17) is 0 Å². The van der Waals surface area contributed by atoms with Crippen LogP contribution in [0.1, 0.15) is 146 Å². The highest BCUT2D eigenvalue weighted by Crippen LogP contribution is 2.51. The van der Waals surface area contributed by atoms with Gasteiger partial charge < -0.3 is 19.8 Å². The van der Waals surface area contributed by atoms with Crippen molar-refractivity contribution in [3.05, 3.63) is 172 Å². The summed E-state index contributed by atoms with van der Waals surface area (Å²) in [6, 6.07) is 40.3. The number of aryl methyl sites for hydroxylation is 3. The number of carbonyl (C=O) groups is 1. The lowest BCUT2D eigenvalue weighted by Crippen LogP contribution is -2.34. The lowest BCUT2D eigenvalue weighted by atomic mass is 9.77. The van der Waals surface area contributed by atoms with E-state index in [0.29, 0.717) is 0 Å². The van der Waals surface area contributed by atoms with Crippen LogP contribution in [0.4, 0.5) is 39.8 Å². The minimum atomic E-state index is -0.488. The topological polar surface area (TPSA) is 52.9 Å². The normalized spacial score (nSPS) is 16.9. The first-order valence-electron chi connectivity index (χ1n) is 26.5. The SMILES string of the molecule is CCCCCCCCc1ccc(N(C)c2ccc(N(c3ccc(CCCCCCCC)cc3)c3ccc4c(c3)C(C)(C)/C(=C\C3=C([O-])C(=C/C5=[N+](C)c6ccc(C)cc6C5(C)C)/C3=O)N4C)cc2)cc1. The van der Waals surface area contributed by atoms with Crippen LogP contribution in [0.25, 0.3) is 0 Å². The highest BCUT2D eigenvalue weighted by Gasteiger charge is 2.45. The van der Waals surface area contributed by atoms with Gasteiger partial charge in [0.1, 0.15) is 7.05 Å². The highest BCUT2D eigenvalue weighted by atomic mass is 16.3. The molecule has 0 N–H and O–H groups in total. The summed E-state index contributed by atoms with van der Waals surface area (Å²) in [5.41, 5.74) is 15.6. The van der Waals surface area contributed by atoms with Crippen LogP contribution in [0.3, 0.4) is 0 Å². The van der Waals surface area contributed by atoms with Gasteiger partial charge in [-0.15, -0.1) is 0 Å². The third-order valence-corrected chi connectivity index (χ3v) is 15.7. The fraction of sp³-hybridized carbons (Fsp3) is 0.406. The zero-order valence-electron chi connectivity index (χ0n) is 44.1. The second-order valence-electron chi connectivity index (χ2n) is 21.4. The first-order chi connectivity index (χ1) is 33.6. The molecule has 366 valence electrons. The molecule has 1 aliphatic carbocycles. The molecule has 6 nitrogen and oxygen atoms in total. The second kappa shape index (κ2) is 21.5. The van der Waals surface area contributed by atoms with Gasteiger partial charge in [0, 0.05) is 88.2 Å². The molecule has 0 amide bonds. The molecule has 0 fully saturated rings. The number of carbonyl (C=O) groups excluding carboxylic acids is 1. The van der Waals surface area contributed by atoms with Crippen LogP contribution in [0, 0.1) is 6.92 Å². The van der Waals surface area contributed by atoms with Gasteiger partial charge in [0.2, 0.25) is 5.69 Å². The fourth-order valence-electron chi connectivity index (χ4n) is 11.1. The molecule has 2 heterocycles. The van der Waals surface area contributed by atoms with Crippen molar-refractivity contribution in [1.29, 1.82) is 0 Å². The van der Waals surface area contributed by atoms with Crippen molar-refractivity contribution in [2.24, 2.45) is 0 Å². The maximum atomic E-state index is 14.0. The third kappa shape index (κ3) is 10.2. The Morgan fingerprint density at radius 3 is 1.66 bits per heavy atom. The van der Waals surface area contributed by atoms with E-state index < -0.39 is 5.41 Å². The molecular formula is C64H78N4O2. The average molecular weight is 935 g/mol. The summed E-state index contributed by atoms with van der Waals surface area (Å²) in [7, 11) is 6.22. The third-order valence-electron chi connectivity index (χ3n) is 15.7. The van der Waals surface area contributed by atoms with E-state index in [1.165, 1.54) is 105 Å². The number of likely N-dealkylation sites (N-methyl/N-ethyl adjacent to an activating group) is 1. The van der Waals surface area contributed by atoms with Crippen LogP contribution in [-0.4, -0.2) is 37.2 Å². The first kappa shape index (κ1) is 50.3. The number of allylic oxidation sites excluding steroid dienone is 5.